The molecule has 2 atom stereocenters. The number of amides is 3. The van der Waals surface area contributed by atoms with Crippen molar-refractivity contribution < 1.29 is 23.9 Å². The lowest BCUT2D eigenvalue weighted by molar-refractivity contribution is -0.139. The fourth-order valence-corrected chi connectivity index (χ4v) is 4.90. The lowest BCUT2D eigenvalue weighted by atomic mass is 9.84. The van der Waals surface area contributed by atoms with E-state index in [1.54, 1.807) is 24.0 Å². The van der Waals surface area contributed by atoms with Gasteiger partial charge in [0.15, 0.2) is 5.78 Å². The number of fused-ring (bicyclic) bond motifs is 1. The maximum Gasteiger partial charge on any atom is 0.242 e. The van der Waals surface area contributed by atoms with Crippen molar-refractivity contribution in [2.75, 3.05) is 26.2 Å². The second kappa shape index (κ2) is 9.30. The zero-order chi connectivity index (χ0) is 22.7. The molecule has 0 aliphatic carbocycles. The summed E-state index contributed by atoms with van der Waals surface area (Å²) in [7, 11) is 0. The van der Waals surface area contributed by atoms with Crippen LogP contribution in [0.25, 0.3) is 0 Å². The predicted octanol–water partition coefficient (Wildman–Crippen LogP) is 1.92. The highest BCUT2D eigenvalue weighted by Gasteiger charge is 2.44. The number of Topliss-reactive ketones (excluding diaryl/α,β-unsaturated/α-hetero) is 1. The molecule has 1 aromatic rings. The molecule has 8 heteroatoms. The summed E-state index contributed by atoms with van der Waals surface area (Å²) >= 11 is 0. The Balaban J connectivity index is 1.31. The Bertz CT molecular complexity index is 917. The molecular formula is C24H31N3O5. The number of ketones is 1. The van der Waals surface area contributed by atoms with Gasteiger partial charge in [-0.2, -0.15) is 0 Å². The standard InChI is InChI=1S/C24H31N3O5/c1-17(23(31)25-12-5-14-26-13-4-8-21(26)29)27-15-11-24(10-9-22(27)30)16-19(28)18-6-2-3-7-20(18)32-24/h2-3,6-7,17H,4-5,8-16H2,1H3,(H,25,31)/t17-,24-/m1/s1. The summed E-state index contributed by atoms with van der Waals surface area (Å²) in [5.74, 6) is 0.497. The molecular weight excluding hydrogens is 410 g/mol. The molecule has 3 aliphatic heterocycles. The summed E-state index contributed by atoms with van der Waals surface area (Å²) in [6.07, 6.45) is 3.67. The quantitative estimate of drug-likeness (QED) is 0.681. The molecule has 1 spiro atoms. The van der Waals surface area contributed by atoms with E-state index < -0.39 is 11.6 Å². The number of hydrogen-bond acceptors (Lipinski definition) is 5. The van der Waals surface area contributed by atoms with Gasteiger partial charge in [0.05, 0.1) is 12.0 Å². The van der Waals surface area contributed by atoms with Gasteiger partial charge in [0.1, 0.15) is 17.4 Å². The molecule has 3 aliphatic rings. The van der Waals surface area contributed by atoms with E-state index in [1.807, 2.05) is 17.0 Å². The van der Waals surface area contributed by atoms with Crippen molar-refractivity contribution in [3.05, 3.63) is 29.8 Å². The van der Waals surface area contributed by atoms with E-state index in [2.05, 4.69) is 5.32 Å². The highest BCUT2D eigenvalue weighted by molar-refractivity contribution is 6.00. The molecule has 0 bridgehead atoms. The van der Waals surface area contributed by atoms with Crippen LogP contribution in [-0.4, -0.2) is 71.1 Å². The second-order valence-corrected chi connectivity index (χ2v) is 9.02. The minimum atomic E-state index is -0.700. The van der Waals surface area contributed by atoms with Crippen molar-refractivity contribution in [1.29, 1.82) is 0 Å². The van der Waals surface area contributed by atoms with Gasteiger partial charge >= 0.3 is 0 Å². The Morgan fingerprint density at radius 1 is 1.12 bits per heavy atom. The van der Waals surface area contributed by atoms with Gasteiger partial charge in [-0.05, 0) is 38.3 Å². The number of ether oxygens (including phenoxy) is 1. The van der Waals surface area contributed by atoms with E-state index in [0.29, 0.717) is 56.6 Å². The Hall–Kier alpha value is -2.90. The first kappa shape index (κ1) is 22.3. The average Bonchev–Trinajstić information content (AvgIpc) is 3.12. The number of rotatable bonds is 6. The van der Waals surface area contributed by atoms with E-state index in [-0.39, 0.29) is 36.3 Å². The van der Waals surface area contributed by atoms with Crippen LogP contribution in [0.3, 0.4) is 0 Å². The van der Waals surface area contributed by atoms with Gasteiger partial charge in [-0.25, -0.2) is 0 Å². The maximum absolute atomic E-state index is 12.8. The normalized spacial score (nSPS) is 24.2. The van der Waals surface area contributed by atoms with Crippen LogP contribution in [0.15, 0.2) is 24.3 Å². The number of carbonyl (C=O) groups is 4. The molecule has 0 unspecified atom stereocenters. The molecule has 3 heterocycles. The van der Waals surface area contributed by atoms with Gasteiger partial charge in [-0.15, -0.1) is 0 Å². The van der Waals surface area contributed by atoms with Crippen LogP contribution in [-0.2, 0) is 14.4 Å². The van der Waals surface area contributed by atoms with Crippen molar-refractivity contribution >= 4 is 23.5 Å². The van der Waals surface area contributed by atoms with E-state index in [0.717, 1.165) is 13.0 Å². The first-order valence-electron chi connectivity index (χ1n) is 11.5. The fourth-order valence-electron chi connectivity index (χ4n) is 4.90. The largest absolute Gasteiger partial charge is 0.486 e. The van der Waals surface area contributed by atoms with Crippen LogP contribution < -0.4 is 10.1 Å². The van der Waals surface area contributed by atoms with Gasteiger partial charge in [-0.3, -0.25) is 19.2 Å². The molecule has 0 saturated carbocycles. The third kappa shape index (κ3) is 4.64. The number of carbonyl (C=O) groups excluding carboxylic acids is 4. The SMILES string of the molecule is C[C@H](C(=O)NCCCN1CCCC1=O)N1CC[C@]2(CCC1=O)CC(=O)c1ccccc1O2. The lowest BCUT2D eigenvalue weighted by Crippen LogP contribution is -2.49. The summed E-state index contributed by atoms with van der Waals surface area (Å²) in [5.41, 5.74) is -0.108. The van der Waals surface area contributed by atoms with Gasteiger partial charge in [0.2, 0.25) is 17.7 Å². The van der Waals surface area contributed by atoms with Crippen molar-refractivity contribution in [2.45, 2.75) is 63.5 Å². The highest BCUT2D eigenvalue weighted by atomic mass is 16.5. The summed E-state index contributed by atoms with van der Waals surface area (Å²) in [6.45, 7) is 4.00. The first-order chi connectivity index (χ1) is 15.4. The molecule has 4 rings (SSSR count). The maximum atomic E-state index is 12.8. The van der Waals surface area contributed by atoms with Gasteiger partial charge in [0.25, 0.3) is 0 Å². The molecule has 1 aromatic carbocycles. The van der Waals surface area contributed by atoms with Gasteiger partial charge < -0.3 is 19.9 Å². The predicted molar refractivity (Wildman–Crippen MR) is 117 cm³/mol. The Morgan fingerprint density at radius 3 is 2.72 bits per heavy atom. The average molecular weight is 442 g/mol. The minimum absolute atomic E-state index is 0.0371. The van der Waals surface area contributed by atoms with E-state index >= 15 is 0 Å². The van der Waals surface area contributed by atoms with Crippen molar-refractivity contribution in [3.63, 3.8) is 0 Å². The summed E-state index contributed by atoms with van der Waals surface area (Å²) in [6, 6.07) is 6.62. The van der Waals surface area contributed by atoms with Crippen LogP contribution in [0.2, 0.25) is 0 Å². The van der Waals surface area contributed by atoms with Crippen molar-refractivity contribution in [3.8, 4) is 5.75 Å². The van der Waals surface area contributed by atoms with Gasteiger partial charge in [0, 0.05) is 45.4 Å². The Morgan fingerprint density at radius 2 is 1.94 bits per heavy atom. The summed E-state index contributed by atoms with van der Waals surface area (Å²) in [5, 5.41) is 2.89. The molecule has 0 aromatic heterocycles. The van der Waals surface area contributed by atoms with Gasteiger partial charge in [-0.1, -0.05) is 12.1 Å². The number of nitrogens with one attached hydrogen (secondary N) is 1. The van der Waals surface area contributed by atoms with Crippen LogP contribution >= 0.6 is 0 Å². The zero-order valence-corrected chi connectivity index (χ0v) is 18.6. The molecule has 32 heavy (non-hydrogen) atoms. The van der Waals surface area contributed by atoms with Crippen molar-refractivity contribution in [2.24, 2.45) is 0 Å². The number of nitrogens with zero attached hydrogens (tertiary/aromatic N) is 2. The first-order valence-corrected chi connectivity index (χ1v) is 11.5. The highest BCUT2D eigenvalue weighted by Crippen LogP contribution is 2.39. The number of hydrogen-bond donors (Lipinski definition) is 1. The fraction of sp³-hybridized carbons (Fsp3) is 0.583. The third-order valence-corrected chi connectivity index (χ3v) is 6.84. The topological polar surface area (TPSA) is 96.0 Å². The number of benzene rings is 1. The van der Waals surface area contributed by atoms with Crippen LogP contribution in [0.4, 0.5) is 0 Å². The molecule has 172 valence electrons. The third-order valence-electron chi connectivity index (χ3n) is 6.84. The summed E-state index contributed by atoms with van der Waals surface area (Å²) in [4.78, 5) is 53.3. The summed E-state index contributed by atoms with van der Waals surface area (Å²) < 4.78 is 6.25. The van der Waals surface area contributed by atoms with Crippen molar-refractivity contribution in [1.82, 2.24) is 15.1 Å². The monoisotopic (exact) mass is 441 g/mol. The molecule has 8 nitrogen and oxygen atoms in total. The molecule has 1 N–H and O–H groups in total. The molecule has 0 radical (unpaired) electrons. The van der Waals surface area contributed by atoms with E-state index in [1.165, 1.54) is 0 Å². The molecule has 2 saturated heterocycles. The van der Waals surface area contributed by atoms with E-state index in [9.17, 15) is 19.2 Å². The molecule has 3 amide bonds. The molecule has 2 fully saturated rings. The number of para-hydroxylation sites is 1. The zero-order valence-electron chi connectivity index (χ0n) is 18.6. The van der Waals surface area contributed by atoms with E-state index in [4.69, 9.17) is 4.74 Å². The Labute approximate surface area is 188 Å². The lowest BCUT2D eigenvalue weighted by Gasteiger charge is -2.37. The number of likely N-dealkylation sites (tertiary alicyclic amines) is 2. The Kier molecular flexibility index (Phi) is 6.48. The van der Waals surface area contributed by atoms with Crippen LogP contribution in [0.1, 0.15) is 62.2 Å². The van der Waals surface area contributed by atoms with Crippen LogP contribution in [0.5, 0.6) is 5.75 Å². The second-order valence-electron chi connectivity index (χ2n) is 9.02. The minimum Gasteiger partial charge on any atom is -0.486 e. The van der Waals surface area contributed by atoms with Crippen LogP contribution in [0, 0.1) is 0 Å². The smallest absolute Gasteiger partial charge is 0.242 e.